The molecule has 3 nitrogen and oxygen atoms in total. The number of unbranched alkanes of at least 4 members (excludes halogenated alkanes) is 2. The fraction of sp³-hybridized carbons (Fsp3) is 0.231. The Hall–Kier alpha value is -2.77. The maximum atomic E-state index is 13.5. The first kappa shape index (κ1) is 21.9. The predicted molar refractivity (Wildman–Crippen MR) is 127 cm³/mol. The molecule has 0 fully saturated rings. The Kier molecular flexibility index (Phi) is 7.54. The predicted octanol–water partition coefficient (Wildman–Crippen LogP) is 4.32. The van der Waals surface area contributed by atoms with Gasteiger partial charge in [-0.1, -0.05) is 0 Å². The number of carbonyl (C=O) groups is 2. The number of hydrogen-bond donors (Lipinski definition) is 1. The van der Waals surface area contributed by atoms with E-state index in [4.69, 9.17) is 0 Å². The van der Waals surface area contributed by atoms with Gasteiger partial charge in [0.15, 0.2) is 0 Å². The maximum absolute atomic E-state index is 13.5. The van der Waals surface area contributed by atoms with Crippen molar-refractivity contribution in [3.63, 3.8) is 0 Å². The molecule has 30 heavy (non-hydrogen) atoms. The van der Waals surface area contributed by atoms with Gasteiger partial charge in [0.2, 0.25) is 0 Å². The third-order valence-corrected chi connectivity index (χ3v) is 10.9. The molecule has 0 aromatic heterocycles. The van der Waals surface area contributed by atoms with Crippen LogP contribution in [0.5, 0.6) is 0 Å². The molecule has 0 saturated carbocycles. The molecule has 1 unspecified atom stereocenters. The number of carboxylic acids is 1. The van der Waals surface area contributed by atoms with Crippen LogP contribution in [0.3, 0.4) is 0 Å². The van der Waals surface area contributed by atoms with Crippen molar-refractivity contribution in [1.29, 1.82) is 0 Å². The number of aliphatic carboxylic acids is 1. The van der Waals surface area contributed by atoms with Gasteiger partial charge in [-0.25, -0.2) is 0 Å². The Balaban J connectivity index is 2.32. The quantitative estimate of drug-likeness (QED) is 0.302. The van der Waals surface area contributed by atoms with E-state index in [2.05, 4.69) is 6.92 Å². The van der Waals surface area contributed by atoms with Crippen LogP contribution in [0.2, 0.25) is 0 Å². The van der Waals surface area contributed by atoms with Crippen LogP contribution in [0.4, 0.5) is 0 Å². The van der Waals surface area contributed by atoms with Gasteiger partial charge in [-0.3, -0.25) is 0 Å². The molecule has 0 bridgehead atoms. The third-order valence-electron chi connectivity index (χ3n) is 5.72. The zero-order valence-electron chi connectivity index (χ0n) is 17.3. The van der Waals surface area contributed by atoms with Gasteiger partial charge in [0, 0.05) is 0 Å². The fourth-order valence-corrected chi connectivity index (χ4v) is 9.51. The van der Waals surface area contributed by atoms with Crippen molar-refractivity contribution < 1.29 is 14.7 Å². The molecule has 1 N–H and O–H groups in total. The second kappa shape index (κ2) is 10.3. The van der Waals surface area contributed by atoms with Gasteiger partial charge in [0.1, 0.15) is 0 Å². The number of hydrogen-bond acceptors (Lipinski definition) is 2. The molecular formula is C26H29O3P. The van der Waals surface area contributed by atoms with Gasteiger partial charge in [-0.05, 0) is 0 Å². The number of rotatable bonds is 10. The molecule has 4 heteroatoms. The Labute approximate surface area is 179 Å². The van der Waals surface area contributed by atoms with Crippen molar-refractivity contribution in [2.45, 2.75) is 38.3 Å². The minimum absolute atomic E-state index is 0.167. The van der Waals surface area contributed by atoms with Crippen LogP contribution in [-0.2, 0) is 9.59 Å². The summed E-state index contributed by atoms with van der Waals surface area (Å²) in [6, 6.07) is 29.3. The summed E-state index contributed by atoms with van der Waals surface area (Å²) in [7, 11) is -3.19. The topological polar surface area (TPSA) is 54.4 Å². The molecule has 0 aliphatic rings. The molecule has 0 radical (unpaired) electrons. The zero-order valence-corrected chi connectivity index (χ0v) is 18.3. The molecule has 0 aliphatic carbocycles. The van der Waals surface area contributed by atoms with Crippen LogP contribution in [0.1, 0.15) is 32.6 Å². The Morgan fingerprint density at radius 2 is 1.13 bits per heavy atom. The SMILES string of the molecule is CCCCCC(=O)C(C(=O)O)[PH](c1ccccc1)(c1ccccc1)c1ccccc1. The van der Waals surface area contributed by atoms with Crippen LogP contribution in [0.25, 0.3) is 0 Å². The van der Waals surface area contributed by atoms with E-state index in [0.717, 1.165) is 35.2 Å². The van der Waals surface area contributed by atoms with Gasteiger partial charge >= 0.3 is 179 Å². The molecule has 1 atom stereocenters. The number of Topliss-reactive ketones (excluding diaryl/α,β-unsaturated/α-hetero) is 1. The van der Waals surface area contributed by atoms with Crippen molar-refractivity contribution in [3.05, 3.63) is 91.0 Å². The van der Waals surface area contributed by atoms with Crippen LogP contribution < -0.4 is 15.9 Å². The van der Waals surface area contributed by atoms with E-state index in [1.54, 1.807) is 0 Å². The Morgan fingerprint density at radius 1 is 0.733 bits per heavy atom. The van der Waals surface area contributed by atoms with E-state index >= 15 is 0 Å². The molecule has 0 aliphatic heterocycles. The first-order valence-corrected chi connectivity index (χ1v) is 12.6. The molecule has 0 spiro atoms. The number of carbonyl (C=O) groups excluding carboxylic acids is 1. The zero-order chi connectivity index (χ0) is 21.4. The monoisotopic (exact) mass is 420 g/mol. The Bertz CT molecular complexity index is 859. The van der Waals surface area contributed by atoms with Crippen molar-refractivity contribution in [1.82, 2.24) is 0 Å². The minimum atomic E-state index is -3.19. The average molecular weight is 420 g/mol. The van der Waals surface area contributed by atoms with Crippen molar-refractivity contribution in [2.75, 3.05) is 0 Å². The van der Waals surface area contributed by atoms with Crippen LogP contribution in [0.15, 0.2) is 91.0 Å². The summed E-state index contributed by atoms with van der Waals surface area (Å²) >= 11 is 0. The van der Waals surface area contributed by atoms with Crippen molar-refractivity contribution >= 4 is 34.9 Å². The van der Waals surface area contributed by atoms with Crippen LogP contribution in [0, 0.1) is 0 Å². The Morgan fingerprint density at radius 3 is 1.47 bits per heavy atom. The van der Waals surface area contributed by atoms with E-state index in [1.165, 1.54) is 0 Å². The summed E-state index contributed by atoms with van der Waals surface area (Å²) in [6.45, 7) is 2.08. The summed E-state index contributed by atoms with van der Waals surface area (Å²) < 4.78 is 0. The van der Waals surface area contributed by atoms with Gasteiger partial charge in [0.05, 0.1) is 0 Å². The van der Waals surface area contributed by atoms with E-state index in [-0.39, 0.29) is 5.78 Å². The fourth-order valence-electron chi connectivity index (χ4n) is 4.36. The first-order valence-electron chi connectivity index (χ1n) is 10.5. The normalized spacial score (nSPS) is 12.8. The van der Waals surface area contributed by atoms with Crippen molar-refractivity contribution in [2.24, 2.45) is 0 Å². The summed E-state index contributed by atoms with van der Waals surface area (Å²) in [4.78, 5) is 26.2. The number of ketones is 1. The summed E-state index contributed by atoms with van der Waals surface area (Å²) in [5.41, 5.74) is -1.08. The van der Waals surface area contributed by atoms with Crippen LogP contribution >= 0.6 is 7.26 Å². The molecule has 3 rings (SSSR count). The van der Waals surface area contributed by atoms with Gasteiger partial charge < -0.3 is 0 Å². The van der Waals surface area contributed by atoms with E-state index in [9.17, 15) is 14.7 Å². The number of benzene rings is 3. The standard InChI is InChI=1S/C26H29O3P/c1-2-3-7-20-24(27)25(26(28)29)30(21-14-8-4-9-15-21,22-16-10-5-11-17-22)23-18-12-6-13-19-23/h4-6,8-19,25,30H,2-3,7,20H2,1H3,(H,28,29). The second-order valence-electron chi connectivity index (χ2n) is 7.60. The molecular weight excluding hydrogens is 391 g/mol. The summed E-state index contributed by atoms with van der Waals surface area (Å²) in [5.74, 6) is -1.20. The molecule has 0 saturated heterocycles. The average Bonchev–Trinajstić information content (AvgIpc) is 2.79. The van der Waals surface area contributed by atoms with Gasteiger partial charge in [0.25, 0.3) is 0 Å². The summed E-state index contributed by atoms with van der Waals surface area (Å²) in [6.07, 6.45) is 2.94. The van der Waals surface area contributed by atoms with E-state index in [1.807, 2.05) is 91.0 Å². The first-order chi connectivity index (χ1) is 14.6. The van der Waals surface area contributed by atoms with Crippen LogP contribution in [-0.4, -0.2) is 22.5 Å². The molecule has 0 heterocycles. The van der Waals surface area contributed by atoms with Gasteiger partial charge in [-0.15, -0.1) is 0 Å². The van der Waals surface area contributed by atoms with E-state index < -0.39 is 18.9 Å². The van der Waals surface area contributed by atoms with Crippen molar-refractivity contribution in [3.8, 4) is 0 Å². The number of carboxylic acid groups (broad SMARTS) is 1. The third kappa shape index (κ3) is 4.37. The molecule has 0 amide bonds. The van der Waals surface area contributed by atoms with Gasteiger partial charge in [-0.2, -0.15) is 0 Å². The van der Waals surface area contributed by atoms with E-state index in [0.29, 0.717) is 6.42 Å². The summed E-state index contributed by atoms with van der Waals surface area (Å²) in [5, 5.41) is 13.3. The molecule has 156 valence electrons. The molecule has 3 aromatic carbocycles. The second-order valence-corrected chi connectivity index (χ2v) is 11.5. The molecule has 3 aromatic rings.